The first-order valence-corrected chi connectivity index (χ1v) is 14.0. The van der Waals surface area contributed by atoms with Gasteiger partial charge in [-0.2, -0.15) is 8.42 Å². The van der Waals surface area contributed by atoms with E-state index in [0.717, 1.165) is 58.2 Å². The lowest BCUT2D eigenvalue weighted by Gasteiger charge is -2.14. The second kappa shape index (κ2) is 11.7. The van der Waals surface area contributed by atoms with Crippen LogP contribution < -0.4 is 10.0 Å². The number of anilines is 1. The standard InChI is InChI=1S/C27H33N5O4S/c1-4-5-6-11-27(33)36-37(34,35)32-20-12-13-23-22(16-20)21(18(2)30-23)14-15-28-19(3)26-17-29-24-9-7-8-10-25(24)31-26/h7-10,12-13,16-17,19,28,30,32H,4-6,11,14-15H2,1-3H3. The number of para-hydroxylation sites is 2. The van der Waals surface area contributed by atoms with Gasteiger partial charge in [0.1, 0.15) is 0 Å². The first kappa shape index (κ1) is 26.6. The van der Waals surface area contributed by atoms with Gasteiger partial charge in [-0.05, 0) is 69.1 Å². The molecule has 0 radical (unpaired) electrons. The predicted molar refractivity (Wildman–Crippen MR) is 145 cm³/mol. The zero-order valence-electron chi connectivity index (χ0n) is 21.4. The highest BCUT2D eigenvalue weighted by molar-refractivity contribution is 7.88. The minimum absolute atomic E-state index is 0.0111. The fourth-order valence-corrected chi connectivity index (χ4v) is 5.10. The Balaban J connectivity index is 1.41. The van der Waals surface area contributed by atoms with Crippen molar-refractivity contribution >= 4 is 43.9 Å². The van der Waals surface area contributed by atoms with Gasteiger partial charge in [-0.25, -0.2) is 4.98 Å². The minimum atomic E-state index is -4.26. The lowest BCUT2D eigenvalue weighted by Crippen LogP contribution is -2.22. The molecule has 0 aliphatic rings. The Labute approximate surface area is 217 Å². The molecule has 10 heteroatoms. The molecule has 0 fully saturated rings. The second-order valence-electron chi connectivity index (χ2n) is 9.17. The highest BCUT2D eigenvalue weighted by Gasteiger charge is 2.18. The van der Waals surface area contributed by atoms with Gasteiger partial charge in [0.05, 0.1) is 28.6 Å². The third-order valence-electron chi connectivity index (χ3n) is 6.29. The number of hydrogen-bond donors (Lipinski definition) is 3. The molecule has 0 saturated heterocycles. The van der Waals surface area contributed by atoms with Gasteiger partial charge >= 0.3 is 16.3 Å². The summed E-state index contributed by atoms with van der Waals surface area (Å²) >= 11 is 0. The molecule has 4 rings (SSSR count). The lowest BCUT2D eigenvalue weighted by molar-refractivity contribution is -0.133. The van der Waals surface area contributed by atoms with E-state index in [0.29, 0.717) is 18.7 Å². The first-order valence-electron chi connectivity index (χ1n) is 12.6. The van der Waals surface area contributed by atoms with Crippen LogP contribution in [0.2, 0.25) is 0 Å². The molecule has 37 heavy (non-hydrogen) atoms. The van der Waals surface area contributed by atoms with E-state index in [-0.39, 0.29) is 12.5 Å². The van der Waals surface area contributed by atoms with Crippen molar-refractivity contribution in [2.24, 2.45) is 0 Å². The predicted octanol–water partition coefficient (Wildman–Crippen LogP) is 5.09. The van der Waals surface area contributed by atoms with Crippen molar-refractivity contribution in [3.05, 3.63) is 65.6 Å². The van der Waals surface area contributed by atoms with Crippen LogP contribution in [0.4, 0.5) is 5.69 Å². The maximum atomic E-state index is 12.3. The van der Waals surface area contributed by atoms with E-state index in [1.54, 1.807) is 18.3 Å². The molecule has 196 valence electrons. The Morgan fingerprint density at radius 3 is 2.70 bits per heavy atom. The van der Waals surface area contributed by atoms with Gasteiger partial charge in [-0.1, -0.05) is 31.9 Å². The summed E-state index contributed by atoms with van der Waals surface area (Å²) in [6.45, 7) is 6.74. The summed E-state index contributed by atoms with van der Waals surface area (Å²) < 4.78 is 31.8. The molecule has 0 amide bonds. The van der Waals surface area contributed by atoms with Crippen molar-refractivity contribution in [3.63, 3.8) is 0 Å². The Bertz CT molecular complexity index is 1500. The molecule has 1 unspecified atom stereocenters. The summed E-state index contributed by atoms with van der Waals surface area (Å²) in [5.41, 5.74) is 5.93. The number of carbonyl (C=O) groups is 1. The smallest absolute Gasteiger partial charge is 0.358 e. The van der Waals surface area contributed by atoms with Gasteiger partial charge in [0, 0.05) is 29.1 Å². The van der Waals surface area contributed by atoms with Crippen LogP contribution in [0.3, 0.4) is 0 Å². The lowest BCUT2D eigenvalue weighted by atomic mass is 10.1. The Morgan fingerprint density at radius 2 is 1.92 bits per heavy atom. The molecule has 0 aliphatic carbocycles. The number of aryl methyl sites for hydroxylation is 1. The zero-order chi connectivity index (χ0) is 26.4. The van der Waals surface area contributed by atoms with E-state index in [4.69, 9.17) is 4.98 Å². The van der Waals surface area contributed by atoms with Crippen LogP contribution in [-0.4, -0.2) is 35.9 Å². The zero-order valence-corrected chi connectivity index (χ0v) is 22.2. The van der Waals surface area contributed by atoms with E-state index in [9.17, 15) is 13.2 Å². The largest absolute Gasteiger partial charge is 0.409 e. The van der Waals surface area contributed by atoms with Crippen LogP contribution in [-0.2, 0) is 25.7 Å². The van der Waals surface area contributed by atoms with Gasteiger partial charge in [0.25, 0.3) is 0 Å². The summed E-state index contributed by atoms with van der Waals surface area (Å²) in [6, 6.07) is 13.0. The van der Waals surface area contributed by atoms with Crippen LogP contribution >= 0.6 is 0 Å². The fourth-order valence-electron chi connectivity index (χ4n) is 4.31. The number of nitrogens with one attached hydrogen (secondary N) is 3. The number of rotatable bonds is 12. The van der Waals surface area contributed by atoms with Gasteiger partial charge in [-0.3, -0.25) is 14.5 Å². The van der Waals surface area contributed by atoms with E-state index in [1.807, 2.05) is 44.2 Å². The molecule has 0 spiro atoms. The van der Waals surface area contributed by atoms with Crippen molar-refractivity contribution in [2.75, 3.05) is 11.3 Å². The van der Waals surface area contributed by atoms with Crippen molar-refractivity contribution < 1.29 is 17.4 Å². The maximum Gasteiger partial charge on any atom is 0.409 e. The van der Waals surface area contributed by atoms with Crippen molar-refractivity contribution in [1.82, 2.24) is 20.3 Å². The Kier molecular flexibility index (Phi) is 8.40. The molecule has 0 bridgehead atoms. The van der Waals surface area contributed by atoms with E-state index >= 15 is 0 Å². The van der Waals surface area contributed by atoms with Crippen LogP contribution in [0.25, 0.3) is 21.9 Å². The van der Waals surface area contributed by atoms with E-state index < -0.39 is 16.3 Å². The van der Waals surface area contributed by atoms with Gasteiger partial charge in [0.2, 0.25) is 0 Å². The van der Waals surface area contributed by atoms with Gasteiger partial charge in [0.15, 0.2) is 0 Å². The van der Waals surface area contributed by atoms with E-state index in [2.05, 4.69) is 31.1 Å². The fraction of sp³-hybridized carbons (Fsp3) is 0.370. The monoisotopic (exact) mass is 523 g/mol. The van der Waals surface area contributed by atoms with Crippen LogP contribution in [0.15, 0.2) is 48.7 Å². The molecule has 1 atom stereocenters. The van der Waals surface area contributed by atoms with Crippen molar-refractivity contribution in [3.8, 4) is 0 Å². The number of aromatic amines is 1. The number of hydrogen-bond acceptors (Lipinski definition) is 7. The summed E-state index contributed by atoms with van der Waals surface area (Å²) in [6.07, 6.45) is 4.97. The number of unbranched alkanes of at least 4 members (excludes halogenated alkanes) is 2. The van der Waals surface area contributed by atoms with Crippen LogP contribution in [0.5, 0.6) is 0 Å². The van der Waals surface area contributed by atoms with Crippen LogP contribution in [0.1, 0.15) is 62.5 Å². The number of benzene rings is 2. The number of nitrogens with zero attached hydrogens (tertiary/aromatic N) is 2. The molecule has 4 aromatic rings. The SMILES string of the molecule is CCCCCC(=O)OS(=O)(=O)Nc1ccc2[nH]c(C)c(CCNC(C)c3cnc4ccccc4n3)c2c1. The average Bonchev–Trinajstić information content (AvgIpc) is 3.17. The second-order valence-corrected chi connectivity index (χ2v) is 10.4. The Hall–Kier alpha value is -3.50. The molecule has 3 N–H and O–H groups in total. The normalized spacial score (nSPS) is 12.6. The molecular formula is C27H33N5O4S. The van der Waals surface area contributed by atoms with E-state index in [1.165, 1.54) is 0 Å². The molecule has 0 saturated carbocycles. The molecular weight excluding hydrogens is 490 g/mol. The average molecular weight is 524 g/mol. The summed E-state index contributed by atoms with van der Waals surface area (Å²) in [5, 5.41) is 4.41. The number of H-pyrrole nitrogens is 1. The molecule has 0 aliphatic heterocycles. The highest BCUT2D eigenvalue weighted by atomic mass is 32.2. The molecule has 9 nitrogen and oxygen atoms in total. The molecule has 2 heterocycles. The number of carbonyl (C=O) groups excluding carboxylic acids is 1. The minimum Gasteiger partial charge on any atom is -0.358 e. The Morgan fingerprint density at radius 1 is 1.14 bits per heavy atom. The summed E-state index contributed by atoms with van der Waals surface area (Å²) in [4.78, 5) is 24.4. The third-order valence-corrected chi connectivity index (χ3v) is 7.18. The summed E-state index contributed by atoms with van der Waals surface area (Å²) in [7, 11) is -4.26. The summed E-state index contributed by atoms with van der Waals surface area (Å²) in [5.74, 6) is -0.753. The van der Waals surface area contributed by atoms with Gasteiger partial charge < -0.3 is 14.5 Å². The molecule has 2 aromatic carbocycles. The third kappa shape index (κ3) is 6.84. The molecule has 2 aromatic heterocycles. The topological polar surface area (TPSA) is 126 Å². The van der Waals surface area contributed by atoms with Crippen LogP contribution in [0, 0.1) is 6.92 Å². The first-order chi connectivity index (χ1) is 17.8. The highest BCUT2D eigenvalue weighted by Crippen LogP contribution is 2.26. The van der Waals surface area contributed by atoms with Crippen molar-refractivity contribution in [2.45, 2.75) is 58.9 Å². The number of fused-ring (bicyclic) bond motifs is 2. The maximum absolute atomic E-state index is 12.3. The van der Waals surface area contributed by atoms with Gasteiger partial charge in [-0.15, -0.1) is 0 Å². The quantitative estimate of drug-likeness (QED) is 0.221. The van der Waals surface area contributed by atoms with Crippen molar-refractivity contribution in [1.29, 1.82) is 0 Å². The number of aromatic nitrogens is 3.